The van der Waals surface area contributed by atoms with Gasteiger partial charge in [-0.3, -0.25) is 14.4 Å². The van der Waals surface area contributed by atoms with Crippen molar-refractivity contribution in [2.45, 2.75) is 62.7 Å². The lowest BCUT2D eigenvalue weighted by Gasteiger charge is -2.40. The SMILES string of the molecule is CC(=O)OCC1OC(c2ccc(NC(=O)c3cccc(C4OC(CO)C(O)C(O)C4O)c3)cc2)C=CC1OC(C)=O. The molecule has 0 bridgehead atoms. The van der Waals surface area contributed by atoms with Crippen LogP contribution in [0.2, 0.25) is 0 Å². The molecule has 41 heavy (non-hydrogen) atoms. The maximum absolute atomic E-state index is 13.0. The Balaban J connectivity index is 1.43. The second-order valence-corrected chi connectivity index (χ2v) is 9.81. The minimum absolute atomic E-state index is 0.0928. The van der Waals surface area contributed by atoms with Gasteiger partial charge in [0.05, 0.1) is 6.61 Å². The Hall–Kier alpha value is -3.65. The number of amides is 1. The minimum atomic E-state index is -1.53. The van der Waals surface area contributed by atoms with Crippen molar-refractivity contribution in [2.75, 3.05) is 18.5 Å². The van der Waals surface area contributed by atoms with Gasteiger partial charge in [-0.15, -0.1) is 0 Å². The van der Waals surface area contributed by atoms with Crippen molar-refractivity contribution in [2.24, 2.45) is 0 Å². The molecule has 2 aliphatic rings. The average Bonchev–Trinajstić information content (AvgIpc) is 2.95. The van der Waals surface area contributed by atoms with Gasteiger partial charge in [0.25, 0.3) is 5.91 Å². The van der Waals surface area contributed by atoms with E-state index in [0.29, 0.717) is 11.3 Å². The zero-order valence-corrected chi connectivity index (χ0v) is 22.5. The maximum atomic E-state index is 13.0. The van der Waals surface area contributed by atoms with Crippen LogP contribution in [0.25, 0.3) is 0 Å². The molecule has 4 rings (SSSR count). The van der Waals surface area contributed by atoms with Crippen molar-refractivity contribution in [3.63, 3.8) is 0 Å². The van der Waals surface area contributed by atoms with Crippen molar-refractivity contribution in [3.05, 3.63) is 77.4 Å². The lowest BCUT2D eigenvalue weighted by molar-refractivity contribution is -0.231. The second kappa shape index (κ2) is 13.3. The molecule has 2 heterocycles. The van der Waals surface area contributed by atoms with Crippen LogP contribution in [0.4, 0.5) is 5.69 Å². The van der Waals surface area contributed by atoms with E-state index in [1.807, 2.05) is 0 Å². The minimum Gasteiger partial charge on any atom is -0.463 e. The number of hydrogen-bond acceptors (Lipinski definition) is 11. The van der Waals surface area contributed by atoms with E-state index in [-0.39, 0.29) is 12.2 Å². The number of benzene rings is 2. The molecule has 8 unspecified atom stereocenters. The number of esters is 2. The molecule has 0 saturated carbocycles. The van der Waals surface area contributed by atoms with Crippen molar-refractivity contribution in [3.8, 4) is 0 Å². The molecule has 0 aliphatic carbocycles. The monoisotopic (exact) mass is 571 g/mol. The Labute approximate surface area is 236 Å². The largest absolute Gasteiger partial charge is 0.463 e. The van der Waals surface area contributed by atoms with Crippen LogP contribution in [-0.2, 0) is 28.5 Å². The summed E-state index contributed by atoms with van der Waals surface area (Å²) in [6.07, 6.45) is -5.12. The summed E-state index contributed by atoms with van der Waals surface area (Å²) in [6.45, 7) is 1.90. The van der Waals surface area contributed by atoms with Gasteiger partial charge in [-0.25, -0.2) is 0 Å². The fourth-order valence-corrected chi connectivity index (χ4v) is 4.67. The zero-order chi connectivity index (χ0) is 29.7. The highest BCUT2D eigenvalue weighted by molar-refractivity contribution is 6.04. The molecule has 1 saturated heterocycles. The third-order valence-electron chi connectivity index (χ3n) is 6.78. The van der Waals surface area contributed by atoms with Gasteiger partial charge in [-0.1, -0.05) is 30.3 Å². The van der Waals surface area contributed by atoms with Gasteiger partial charge < -0.3 is 44.7 Å². The first kappa shape index (κ1) is 30.3. The van der Waals surface area contributed by atoms with Gasteiger partial charge in [0, 0.05) is 25.1 Å². The van der Waals surface area contributed by atoms with Crippen molar-refractivity contribution >= 4 is 23.5 Å². The molecule has 0 spiro atoms. The van der Waals surface area contributed by atoms with Crippen molar-refractivity contribution in [1.29, 1.82) is 0 Å². The fraction of sp³-hybridized carbons (Fsp3) is 0.414. The summed E-state index contributed by atoms with van der Waals surface area (Å²) in [4.78, 5) is 35.7. The predicted octanol–water partition coefficient (Wildman–Crippen LogP) is 0.945. The molecule has 0 radical (unpaired) electrons. The Morgan fingerprint density at radius 3 is 2.24 bits per heavy atom. The van der Waals surface area contributed by atoms with E-state index in [1.165, 1.54) is 19.9 Å². The zero-order valence-electron chi connectivity index (χ0n) is 22.5. The van der Waals surface area contributed by atoms with Crippen LogP contribution in [0.1, 0.15) is 47.5 Å². The third-order valence-corrected chi connectivity index (χ3v) is 6.78. The highest BCUT2D eigenvalue weighted by Gasteiger charge is 2.44. The van der Waals surface area contributed by atoms with E-state index in [0.717, 1.165) is 5.56 Å². The molecule has 0 aromatic heterocycles. The standard InChI is InChI=1S/C29H33NO11/c1-15(32)38-14-24-22(39-16(2)33)11-10-21(40-24)17-6-8-20(9-7-17)30-29(37)19-5-3-4-18(12-19)28-27(36)26(35)25(34)23(13-31)41-28/h3-12,21-28,31,34-36H,13-14H2,1-2H3,(H,30,37). The van der Waals surface area contributed by atoms with Crippen LogP contribution in [0.15, 0.2) is 60.7 Å². The topological polar surface area (TPSA) is 181 Å². The smallest absolute Gasteiger partial charge is 0.303 e. The summed E-state index contributed by atoms with van der Waals surface area (Å²) >= 11 is 0. The van der Waals surface area contributed by atoms with E-state index in [1.54, 1.807) is 54.6 Å². The van der Waals surface area contributed by atoms with E-state index in [9.17, 15) is 34.8 Å². The Kier molecular flexibility index (Phi) is 9.86. The number of hydrogen-bond donors (Lipinski definition) is 5. The average molecular weight is 572 g/mol. The molecule has 8 atom stereocenters. The van der Waals surface area contributed by atoms with Crippen LogP contribution in [0.5, 0.6) is 0 Å². The van der Waals surface area contributed by atoms with Gasteiger partial charge in [-0.05, 0) is 41.5 Å². The van der Waals surface area contributed by atoms with Gasteiger partial charge in [0.15, 0.2) is 0 Å². The molecule has 220 valence electrons. The molecule has 2 aromatic rings. The fourth-order valence-electron chi connectivity index (χ4n) is 4.67. The molecule has 1 fully saturated rings. The first-order chi connectivity index (χ1) is 19.6. The molecule has 5 N–H and O–H groups in total. The van der Waals surface area contributed by atoms with Crippen LogP contribution >= 0.6 is 0 Å². The first-order valence-electron chi connectivity index (χ1n) is 13.0. The summed E-state index contributed by atoms with van der Waals surface area (Å²) in [6, 6.07) is 13.2. The lowest BCUT2D eigenvalue weighted by atomic mass is 9.90. The molecule has 12 heteroatoms. The lowest BCUT2D eigenvalue weighted by Crippen LogP contribution is -2.55. The number of ether oxygens (including phenoxy) is 4. The van der Waals surface area contributed by atoms with Crippen molar-refractivity contribution in [1.82, 2.24) is 0 Å². The quantitative estimate of drug-likeness (QED) is 0.225. The molecule has 1 amide bonds. The Morgan fingerprint density at radius 1 is 0.854 bits per heavy atom. The highest BCUT2D eigenvalue weighted by atomic mass is 16.6. The van der Waals surface area contributed by atoms with Crippen LogP contribution in [-0.4, -0.2) is 88.1 Å². The van der Waals surface area contributed by atoms with Crippen LogP contribution < -0.4 is 5.32 Å². The van der Waals surface area contributed by atoms with Gasteiger partial charge in [-0.2, -0.15) is 0 Å². The van der Waals surface area contributed by atoms with E-state index in [2.05, 4.69) is 5.32 Å². The van der Waals surface area contributed by atoms with E-state index >= 15 is 0 Å². The van der Waals surface area contributed by atoms with E-state index in [4.69, 9.17) is 18.9 Å². The third kappa shape index (κ3) is 7.36. The first-order valence-corrected chi connectivity index (χ1v) is 13.0. The number of rotatable bonds is 8. The van der Waals surface area contributed by atoms with Gasteiger partial charge >= 0.3 is 11.9 Å². The summed E-state index contributed by atoms with van der Waals surface area (Å²) in [5, 5.41) is 42.8. The molecule has 12 nitrogen and oxygen atoms in total. The summed E-state index contributed by atoms with van der Waals surface area (Å²) < 4.78 is 21.9. The highest BCUT2D eigenvalue weighted by Crippen LogP contribution is 2.33. The summed E-state index contributed by atoms with van der Waals surface area (Å²) in [7, 11) is 0. The number of carbonyl (C=O) groups is 3. The number of carbonyl (C=O) groups excluding carboxylic acids is 3. The predicted molar refractivity (Wildman–Crippen MR) is 142 cm³/mol. The summed E-state index contributed by atoms with van der Waals surface area (Å²) in [5.41, 5.74) is 1.89. The molecular formula is C29H33NO11. The number of aliphatic hydroxyl groups is 4. The van der Waals surface area contributed by atoms with Crippen LogP contribution in [0, 0.1) is 0 Å². The number of anilines is 1. The van der Waals surface area contributed by atoms with Crippen molar-refractivity contribution < 1.29 is 53.8 Å². The normalized spacial score (nSPS) is 29.4. The van der Waals surface area contributed by atoms with Crippen LogP contribution in [0.3, 0.4) is 0 Å². The molecular weight excluding hydrogens is 538 g/mol. The van der Waals surface area contributed by atoms with E-state index < -0.39 is 73.3 Å². The number of nitrogens with one attached hydrogen (secondary N) is 1. The molecule has 2 aliphatic heterocycles. The number of aliphatic hydroxyl groups excluding tert-OH is 4. The van der Waals surface area contributed by atoms with Gasteiger partial charge in [0.1, 0.15) is 55.4 Å². The summed E-state index contributed by atoms with van der Waals surface area (Å²) in [5.74, 6) is -1.42. The Morgan fingerprint density at radius 2 is 1.59 bits per heavy atom. The second-order valence-electron chi connectivity index (χ2n) is 9.81. The Bertz CT molecular complexity index is 1260. The maximum Gasteiger partial charge on any atom is 0.303 e. The van der Waals surface area contributed by atoms with Gasteiger partial charge in [0.2, 0.25) is 0 Å². The molecule has 2 aromatic carbocycles.